The van der Waals surface area contributed by atoms with E-state index in [9.17, 15) is 13.2 Å². The van der Waals surface area contributed by atoms with Crippen molar-refractivity contribution in [1.29, 1.82) is 0 Å². The van der Waals surface area contributed by atoms with Gasteiger partial charge in [-0.15, -0.1) is 0 Å². The fourth-order valence-electron chi connectivity index (χ4n) is 3.55. The number of nitrogens with zero attached hydrogens (tertiary/aromatic N) is 1. The molecular weight excluding hydrogens is 438 g/mol. The Hall–Kier alpha value is -2.17. The molecule has 2 aliphatic rings. The Bertz CT molecular complexity index is 1060. The van der Waals surface area contributed by atoms with Gasteiger partial charge in [-0.05, 0) is 23.8 Å². The molecule has 4 rings (SSSR count). The predicted octanol–water partition coefficient (Wildman–Crippen LogP) is 2.23. The van der Waals surface area contributed by atoms with E-state index in [0.29, 0.717) is 38.6 Å². The number of rotatable bonds is 6. The third-order valence-electron chi connectivity index (χ3n) is 5.52. The number of H-pyrrole nitrogens is 1. The Morgan fingerprint density at radius 2 is 1.87 bits per heavy atom. The number of benzene rings is 1. The first-order chi connectivity index (χ1) is 14.8. The first-order valence-electron chi connectivity index (χ1n) is 10.2. The van der Waals surface area contributed by atoms with E-state index < -0.39 is 10.0 Å². The van der Waals surface area contributed by atoms with Crippen molar-refractivity contribution in [2.24, 2.45) is 0 Å². The Balaban J connectivity index is 1.42. The van der Waals surface area contributed by atoms with Gasteiger partial charge in [0.25, 0.3) is 5.91 Å². The maximum atomic E-state index is 12.8. The Morgan fingerprint density at radius 3 is 2.61 bits per heavy atom. The first-order valence-corrected chi connectivity index (χ1v) is 12.8. The average molecular weight is 466 g/mol. The summed E-state index contributed by atoms with van der Waals surface area (Å²) in [5.74, 6) is 2.65. The van der Waals surface area contributed by atoms with Gasteiger partial charge >= 0.3 is 0 Å². The van der Waals surface area contributed by atoms with Crippen LogP contribution in [0.4, 0.5) is 0 Å². The van der Waals surface area contributed by atoms with Crippen LogP contribution >= 0.6 is 11.8 Å². The molecule has 2 aliphatic heterocycles. The molecule has 0 unspecified atom stereocenters. The maximum Gasteiger partial charge on any atom is 0.267 e. The minimum atomic E-state index is -3.59. The molecule has 0 radical (unpaired) electrons. The van der Waals surface area contributed by atoms with Gasteiger partial charge in [0.05, 0.1) is 0 Å². The number of nitrogens with one attached hydrogen (secondary N) is 2. The molecule has 0 spiro atoms. The van der Waals surface area contributed by atoms with Crippen LogP contribution in [0.2, 0.25) is 0 Å². The van der Waals surface area contributed by atoms with E-state index in [2.05, 4.69) is 10.3 Å². The molecule has 1 aromatic carbocycles. The number of carbonyl (C=O) groups excluding carboxylic acids is 1. The molecule has 0 saturated carbocycles. The van der Waals surface area contributed by atoms with E-state index in [-0.39, 0.29) is 21.9 Å². The Kier molecular flexibility index (Phi) is 6.23. The minimum absolute atomic E-state index is 0.121. The molecule has 1 fully saturated rings. The van der Waals surface area contributed by atoms with Gasteiger partial charge in [0, 0.05) is 42.8 Å². The SMILES string of the molecule is CC(C)(CNC(=O)c1cc(S(=O)(=O)N2CCSCC2)c[nH]1)c1ccc2c(c1)OCCO2. The highest BCUT2D eigenvalue weighted by molar-refractivity contribution is 7.99. The monoisotopic (exact) mass is 465 g/mol. The first kappa shape index (κ1) is 22.0. The molecular formula is C21H27N3O5S2. The van der Waals surface area contributed by atoms with E-state index in [4.69, 9.17) is 9.47 Å². The number of amides is 1. The highest BCUT2D eigenvalue weighted by Gasteiger charge is 2.29. The number of sulfonamides is 1. The van der Waals surface area contributed by atoms with Gasteiger partial charge in [-0.25, -0.2) is 8.42 Å². The van der Waals surface area contributed by atoms with Crippen molar-refractivity contribution in [3.63, 3.8) is 0 Å². The van der Waals surface area contributed by atoms with Crippen molar-refractivity contribution < 1.29 is 22.7 Å². The maximum absolute atomic E-state index is 12.8. The van der Waals surface area contributed by atoms with Crippen LogP contribution in [0.1, 0.15) is 29.9 Å². The lowest BCUT2D eigenvalue weighted by atomic mass is 9.84. The van der Waals surface area contributed by atoms with Crippen LogP contribution in [-0.2, 0) is 15.4 Å². The molecule has 31 heavy (non-hydrogen) atoms. The van der Waals surface area contributed by atoms with Gasteiger partial charge in [-0.1, -0.05) is 19.9 Å². The van der Waals surface area contributed by atoms with Crippen LogP contribution < -0.4 is 14.8 Å². The average Bonchev–Trinajstić information content (AvgIpc) is 3.29. The summed E-state index contributed by atoms with van der Waals surface area (Å²) in [7, 11) is -3.59. The van der Waals surface area contributed by atoms with Crippen molar-refractivity contribution >= 4 is 27.7 Å². The lowest BCUT2D eigenvalue weighted by molar-refractivity contribution is 0.0941. The second-order valence-electron chi connectivity index (χ2n) is 8.19. The molecule has 0 atom stereocenters. The number of aromatic amines is 1. The van der Waals surface area contributed by atoms with Crippen molar-refractivity contribution in [2.75, 3.05) is 44.4 Å². The third kappa shape index (κ3) is 4.70. The second kappa shape index (κ2) is 8.76. The number of carbonyl (C=O) groups is 1. The van der Waals surface area contributed by atoms with Gasteiger partial charge in [0.15, 0.2) is 11.5 Å². The molecule has 3 heterocycles. The number of thioether (sulfide) groups is 1. The van der Waals surface area contributed by atoms with Gasteiger partial charge in [-0.3, -0.25) is 4.79 Å². The van der Waals surface area contributed by atoms with Crippen LogP contribution in [0, 0.1) is 0 Å². The van der Waals surface area contributed by atoms with E-state index >= 15 is 0 Å². The molecule has 8 nitrogen and oxygen atoms in total. The largest absolute Gasteiger partial charge is 0.486 e. The molecule has 1 saturated heterocycles. The van der Waals surface area contributed by atoms with Crippen LogP contribution in [0.5, 0.6) is 11.5 Å². The Morgan fingerprint density at radius 1 is 1.16 bits per heavy atom. The summed E-state index contributed by atoms with van der Waals surface area (Å²) in [6.07, 6.45) is 1.39. The molecule has 1 aromatic heterocycles. The van der Waals surface area contributed by atoms with E-state index in [1.807, 2.05) is 32.0 Å². The summed E-state index contributed by atoms with van der Waals surface area (Å²) in [5.41, 5.74) is 0.871. The fraction of sp³-hybridized carbons (Fsp3) is 0.476. The summed E-state index contributed by atoms with van der Waals surface area (Å²) in [6, 6.07) is 7.20. The van der Waals surface area contributed by atoms with Gasteiger partial charge < -0.3 is 19.8 Å². The van der Waals surface area contributed by atoms with Crippen LogP contribution in [-0.4, -0.2) is 68.0 Å². The highest BCUT2D eigenvalue weighted by Crippen LogP contribution is 2.35. The van der Waals surface area contributed by atoms with Crippen LogP contribution in [0.15, 0.2) is 35.4 Å². The summed E-state index contributed by atoms with van der Waals surface area (Å²) < 4.78 is 38.3. The fourth-order valence-corrected chi connectivity index (χ4v) is 6.12. The summed E-state index contributed by atoms with van der Waals surface area (Å²) >= 11 is 1.74. The summed E-state index contributed by atoms with van der Waals surface area (Å²) in [6.45, 7) is 6.45. The van der Waals surface area contributed by atoms with Crippen LogP contribution in [0.25, 0.3) is 0 Å². The van der Waals surface area contributed by atoms with E-state index in [1.54, 1.807) is 11.8 Å². The zero-order chi connectivity index (χ0) is 22.1. The lowest BCUT2D eigenvalue weighted by Crippen LogP contribution is -2.37. The van der Waals surface area contributed by atoms with E-state index in [1.165, 1.54) is 16.6 Å². The topological polar surface area (TPSA) is 101 Å². The predicted molar refractivity (Wildman–Crippen MR) is 120 cm³/mol. The molecule has 1 amide bonds. The van der Waals surface area contributed by atoms with Crippen molar-refractivity contribution in [3.05, 3.63) is 41.7 Å². The number of ether oxygens (including phenoxy) is 2. The number of hydrogen-bond donors (Lipinski definition) is 2. The molecule has 168 valence electrons. The van der Waals surface area contributed by atoms with Crippen LogP contribution in [0.3, 0.4) is 0 Å². The quantitative estimate of drug-likeness (QED) is 0.679. The van der Waals surface area contributed by atoms with Crippen molar-refractivity contribution in [3.8, 4) is 11.5 Å². The zero-order valence-corrected chi connectivity index (χ0v) is 19.3. The number of aromatic nitrogens is 1. The number of hydrogen-bond acceptors (Lipinski definition) is 6. The van der Waals surface area contributed by atoms with Crippen molar-refractivity contribution in [2.45, 2.75) is 24.2 Å². The second-order valence-corrected chi connectivity index (χ2v) is 11.4. The lowest BCUT2D eigenvalue weighted by Gasteiger charge is -2.27. The summed E-state index contributed by atoms with van der Waals surface area (Å²) in [5, 5.41) is 2.91. The molecule has 2 aromatic rings. The normalized spacial score (nSPS) is 17.4. The number of fused-ring (bicyclic) bond motifs is 1. The Labute approximate surface area is 186 Å². The molecule has 2 N–H and O–H groups in total. The highest BCUT2D eigenvalue weighted by atomic mass is 32.2. The van der Waals surface area contributed by atoms with Gasteiger partial charge in [-0.2, -0.15) is 16.1 Å². The van der Waals surface area contributed by atoms with Gasteiger partial charge in [0.2, 0.25) is 10.0 Å². The smallest absolute Gasteiger partial charge is 0.267 e. The molecule has 10 heteroatoms. The minimum Gasteiger partial charge on any atom is -0.486 e. The summed E-state index contributed by atoms with van der Waals surface area (Å²) in [4.78, 5) is 15.6. The molecule has 0 aliphatic carbocycles. The van der Waals surface area contributed by atoms with E-state index in [0.717, 1.165) is 22.8 Å². The standard InChI is InChI=1S/C21H27N3O5S2/c1-21(2,15-3-4-18-19(11-15)29-8-7-28-18)14-23-20(25)17-12-16(13-22-17)31(26,27)24-5-9-30-10-6-24/h3-4,11-13,22H,5-10,14H2,1-2H3,(H,23,25). The van der Waals surface area contributed by atoms with Gasteiger partial charge in [0.1, 0.15) is 23.8 Å². The third-order valence-corrected chi connectivity index (χ3v) is 8.34. The van der Waals surface area contributed by atoms with Crippen molar-refractivity contribution in [1.82, 2.24) is 14.6 Å². The zero-order valence-electron chi connectivity index (χ0n) is 17.6. The molecule has 0 bridgehead atoms.